The third-order valence-corrected chi connectivity index (χ3v) is 0.818. The van der Waals surface area contributed by atoms with E-state index in [2.05, 4.69) is 0 Å². The Morgan fingerprint density at radius 3 is 0.846 bits per heavy atom. The summed E-state index contributed by atoms with van der Waals surface area (Å²) in [7, 11) is 0. The topological polar surface area (TPSA) is 80.9 Å². The van der Waals surface area contributed by atoms with E-state index < -0.39 is 25.4 Å². The van der Waals surface area contributed by atoms with Crippen molar-refractivity contribution in [2.24, 2.45) is 0 Å². The average Bonchev–Trinajstić information content (AvgIpc) is 1.84. The molecule has 4 nitrogen and oxygen atoms in total. The zero-order valence-corrected chi connectivity index (χ0v) is 10.5. The van der Waals surface area contributed by atoms with Gasteiger partial charge in [0.2, 0.25) is 0 Å². The highest BCUT2D eigenvalue weighted by Crippen LogP contribution is 1.88. The summed E-state index contributed by atoms with van der Waals surface area (Å²) >= 11 is 0. The minimum atomic E-state index is -1.22. The van der Waals surface area contributed by atoms with Crippen molar-refractivity contribution in [3.05, 3.63) is 0 Å². The second-order valence-electron chi connectivity index (χ2n) is 1.50. The van der Waals surface area contributed by atoms with E-state index in [-0.39, 0.29) is 62.0 Å². The second kappa shape index (κ2) is 23.3. The maximum Gasteiger partial charge on any atom is 0.105 e. The van der Waals surface area contributed by atoms with Crippen molar-refractivity contribution in [1.82, 2.24) is 0 Å². The summed E-state index contributed by atoms with van der Waals surface area (Å²) in [5.74, 6) is 0. The molecule has 0 radical (unpaired) electrons. The van der Waals surface area contributed by atoms with Gasteiger partial charge in [-0.15, -0.1) is 62.0 Å². The number of hydrogen-bond donors (Lipinski definition) is 4. The molecule has 0 aromatic rings. The molecule has 0 amide bonds. The lowest BCUT2D eigenvalue weighted by Crippen LogP contribution is -2.31. The van der Waals surface area contributed by atoms with Gasteiger partial charge < -0.3 is 20.4 Å². The first kappa shape index (κ1) is 36.7. The summed E-state index contributed by atoms with van der Waals surface area (Å²) in [4.78, 5) is 0. The summed E-state index contributed by atoms with van der Waals surface area (Å²) in [5, 5.41) is 33.2. The van der Waals surface area contributed by atoms with Crippen LogP contribution in [0.4, 0.5) is 0 Å². The number of aliphatic hydroxyl groups excluding tert-OH is 4. The maximum atomic E-state index is 8.47. The molecule has 0 rings (SSSR count). The molecule has 0 aliphatic rings. The number of rotatable bonds is 3. The maximum absolute atomic E-state index is 8.47. The molecule has 90 valence electrons. The molecule has 0 saturated heterocycles. The van der Waals surface area contributed by atoms with Gasteiger partial charge in [0, 0.05) is 0 Å². The number of halogens is 5. The largest absolute Gasteiger partial charge is 0.394 e. The van der Waals surface area contributed by atoms with Gasteiger partial charge in [0.25, 0.3) is 0 Å². The molecule has 2 atom stereocenters. The molecule has 0 aromatic heterocycles. The first-order valence-electron chi connectivity index (χ1n) is 2.30. The highest BCUT2D eigenvalue weighted by Gasteiger charge is 2.12. The lowest BCUT2D eigenvalue weighted by Gasteiger charge is -2.10. The zero-order valence-electron chi connectivity index (χ0n) is 6.40. The summed E-state index contributed by atoms with van der Waals surface area (Å²) in [5.41, 5.74) is 0. The molecule has 2 unspecified atom stereocenters. The Labute approximate surface area is 108 Å². The zero-order chi connectivity index (χ0) is 6.57. The van der Waals surface area contributed by atoms with Crippen LogP contribution in [0.1, 0.15) is 0 Å². The van der Waals surface area contributed by atoms with Crippen molar-refractivity contribution in [3.63, 3.8) is 0 Å². The van der Waals surface area contributed by atoms with Crippen molar-refractivity contribution in [3.8, 4) is 0 Å². The van der Waals surface area contributed by atoms with Crippen LogP contribution in [0, 0.1) is 0 Å². The lowest BCUT2D eigenvalue weighted by atomic mass is 10.2. The van der Waals surface area contributed by atoms with Gasteiger partial charge in [-0.3, -0.25) is 0 Å². The average molecular weight is 304 g/mol. The third-order valence-electron chi connectivity index (χ3n) is 0.818. The fourth-order valence-corrected chi connectivity index (χ4v) is 0.243. The summed E-state index contributed by atoms with van der Waals surface area (Å²) in [6.07, 6.45) is -2.44. The van der Waals surface area contributed by atoms with Crippen LogP contribution in [0.2, 0.25) is 0 Å². The summed E-state index contributed by atoms with van der Waals surface area (Å²) in [6.45, 7) is -1.05. The van der Waals surface area contributed by atoms with Crippen molar-refractivity contribution >= 4 is 62.0 Å². The van der Waals surface area contributed by atoms with Gasteiger partial charge in [0.15, 0.2) is 0 Å². The number of aliphatic hydroxyl groups is 4. The van der Waals surface area contributed by atoms with Gasteiger partial charge in [-0.2, -0.15) is 0 Å². The Morgan fingerprint density at radius 2 is 0.769 bits per heavy atom. The molecule has 9 heteroatoms. The summed E-state index contributed by atoms with van der Waals surface area (Å²) < 4.78 is 0. The van der Waals surface area contributed by atoms with Crippen molar-refractivity contribution < 1.29 is 20.4 Å². The Kier molecular flexibility index (Phi) is 65.7. The predicted molar refractivity (Wildman–Crippen MR) is 62.4 cm³/mol. The van der Waals surface area contributed by atoms with E-state index in [1.807, 2.05) is 0 Å². The van der Waals surface area contributed by atoms with E-state index >= 15 is 0 Å². The van der Waals surface area contributed by atoms with E-state index in [0.29, 0.717) is 0 Å². The Morgan fingerprint density at radius 1 is 0.615 bits per heavy atom. The molecule has 0 spiro atoms. The first-order valence-corrected chi connectivity index (χ1v) is 2.30. The van der Waals surface area contributed by atoms with E-state index in [1.54, 1.807) is 0 Å². The Balaban J connectivity index is -0.0000000245. The fourth-order valence-electron chi connectivity index (χ4n) is 0.243. The van der Waals surface area contributed by atoms with E-state index in [1.165, 1.54) is 0 Å². The first-order chi connectivity index (χ1) is 3.72. The predicted octanol–water partition coefficient (Wildman–Crippen LogP) is -0.198. The molecule has 0 fully saturated rings. The normalized spacial score (nSPS) is 11.1. The molecule has 13 heavy (non-hydrogen) atoms. The van der Waals surface area contributed by atoms with E-state index in [0.717, 1.165) is 0 Å². The summed E-state index contributed by atoms with van der Waals surface area (Å²) in [6, 6.07) is 0. The van der Waals surface area contributed by atoms with Crippen molar-refractivity contribution in [2.45, 2.75) is 12.2 Å². The standard InChI is InChI=1S/C4H10O4.5ClH/c5-1-3(7)4(8)2-6;;;;;/h3-8H,1-2H2;5*1H. The minimum Gasteiger partial charge on any atom is -0.394 e. The molecule has 0 aliphatic heterocycles. The third kappa shape index (κ3) is 19.6. The van der Waals surface area contributed by atoms with Crippen LogP contribution in [0.3, 0.4) is 0 Å². The number of hydrogen-bond acceptors (Lipinski definition) is 4. The van der Waals surface area contributed by atoms with Crippen LogP contribution in [0.5, 0.6) is 0 Å². The quantitative estimate of drug-likeness (QED) is 0.582. The SMILES string of the molecule is Cl.Cl.Cl.Cl.Cl.OCC(O)C(O)CO. The van der Waals surface area contributed by atoms with Crippen molar-refractivity contribution in [1.29, 1.82) is 0 Å². The van der Waals surface area contributed by atoms with Gasteiger partial charge in [-0.25, -0.2) is 0 Å². The van der Waals surface area contributed by atoms with Crippen LogP contribution >= 0.6 is 62.0 Å². The van der Waals surface area contributed by atoms with Gasteiger partial charge in [0.1, 0.15) is 12.2 Å². The van der Waals surface area contributed by atoms with Crippen LogP contribution in [0.25, 0.3) is 0 Å². The van der Waals surface area contributed by atoms with Crippen LogP contribution in [0.15, 0.2) is 0 Å². The molecule has 0 aromatic carbocycles. The Bertz CT molecular complexity index is 60.5. The Hall–Kier alpha value is 1.29. The molecule has 0 saturated carbocycles. The highest BCUT2D eigenvalue weighted by molar-refractivity contribution is 5.86. The molecular formula is C4H15Cl5O4. The monoisotopic (exact) mass is 302 g/mol. The van der Waals surface area contributed by atoms with Crippen molar-refractivity contribution in [2.75, 3.05) is 13.2 Å². The second-order valence-corrected chi connectivity index (χ2v) is 1.50. The van der Waals surface area contributed by atoms with Crippen LogP contribution in [-0.4, -0.2) is 45.8 Å². The lowest BCUT2D eigenvalue weighted by molar-refractivity contribution is -0.0388. The van der Waals surface area contributed by atoms with Gasteiger partial charge in [-0.1, -0.05) is 0 Å². The van der Waals surface area contributed by atoms with E-state index in [9.17, 15) is 0 Å². The van der Waals surface area contributed by atoms with Crippen LogP contribution in [-0.2, 0) is 0 Å². The van der Waals surface area contributed by atoms with E-state index in [4.69, 9.17) is 20.4 Å². The molecule has 0 bridgehead atoms. The van der Waals surface area contributed by atoms with Gasteiger partial charge in [0.05, 0.1) is 13.2 Å². The van der Waals surface area contributed by atoms with Gasteiger partial charge >= 0.3 is 0 Å². The highest BCUT2D eigenvalue weighted by atomic mass is 35.5. The molecular weight excluding hydrogens is 289 g/mol. The van der Waals surface area contributed by atoms with Crippen LogP contribution < -0.4 is 0 Å². The smallest absolute Gasteiger partial charge is 0.105 e. The molecule has 0 aliphatic carbocycles. The molecule has 4 N–H and O–H groups in total. The molecule has 0 heterocycles. The fraction of sp³-hybridized carbons (Fsp3) is 1.00. The van der Waals surface area contributed by atoms with Gasteiger partial charge in [-0.05, 0) is 0 Å². The minimum absolute atomic E-state index is 0.